The van der Waals surface area contributed by atoms with Gasteiger partial charge < -0.3 is 10.0 Å². The van der Waals surface area contributed by atoms with Crippen molar-refractivity contribution in [2.45, 2.75) is 17.6 Å². The molecule has 21 heavy (non-hydrogen) atoms. The summed E-state index contributed by atoms with van der Waals surface area (Å²) in [5.41, 5.74) is 1.23. The van der Waals surface area contributed by atoms with Crippen LogP contribution >= 0.6 is 11.8 Å². The second-order valence-electron chi connectivity index (χ2n) is 4.83. The third-order valence-electron chi connectivity index (χ3n) is 2.83. The number of aryl methyl sites for hydroxylation is 1. The summed E-state index contributed by atoms with van der Waals surface area (Å²) in [4.78, 5) is 22.5. The molecule has 0 aliphatic heterocycles. The van der Waals surface area contributed by atoms with Crippen LogP contribution in [0.5, 0.6) is 0 Å². The number of aromatic carboxylic acids is 1. The summed E-state index contributed by atoms with van der Waals surface area (Å²) < 4.78 is 0. The van der Waals surface area contributed by atoms with E-state index in [0.29, 0.717) is 17.4 Å². The third-order valence-corrected chi connectivity index (χ3v) is 3.83. The Bertz CT molecular complexity index is 642. The number of hydrogen-bond donors (Lipinski definition) is 1. The fourth-order valence-corrected chi connectivity index (χ4v) is 2.42. The first-order chi connectivity index (χ1) is 9.95. The zero-order valence-corrected chi connectivity index (χ0v) is 13.0. The minimum Gasteiger partial charge on any atom is -0.477 e. The van der Waals surface area contributed by atoms with Gasteiger partial charge in [-0.3, -0.25) is 0 Å². The molecule has 5 nitrogen and oxygen atoms in total. The number of hydrogen-bond acceptors (Lipinski definition) is 5. The van der Waals surface area contributed by atoms with E-state index < -0.39 is 5.97 Å². The van der Waals surface area contributed by atoms with Crippen molar-refractivity contribution < 1.29 is 9.90 Å². The van der Waals surface area contributed by atoms with Gasteiger partial charge in [0.05, 0.1) is 5.75 Å². The molecule has 6 heteroatoms. The fraction of sp³-hybridized carbons (Fsp3) is 0.267. The molecule has 1 N–H and O–H groups in total. The van der Waals surface area contributed by atoms with E-state index in [4.69, 9.17) is 5.11 Å². The average Bonchev–Trinajstić information content (AvgIpc) is 2.46. The predicted octanol–water partition coefficient (Wildman–Crippen LogP) is 2.84. The van der Waals surface area contributed by atoms with Crippen molar-refractivity contribution in [3.63, 3.8) is 0 Å². The van der Waals surface area contributed by atoms with Crippen LogP contribution in [0.4, 0.5) is 5.82 Å². The Morgan fingerprint density at radius 3 is 2.48 bits per heavy atom. The summed E-state index contributed by atoms with van der Waals surface area (Å²) in [5, 5.41) is 9.12. The lowest BCUT2D eigenvalue weighted by atomic mass is 10.2. The van der Waals surface area contributed by atoms with Gasteiger partial charge in [0.2, 0.25) is 0 Å². The topological polar surface area (TPSA) is 66.3 Å². The lowest BCUT2D eigenvalue weighted by Gasteiger charge is -2.13. The van der Waals surface area contributed by atoms with Crippen molar-refractivity contribution in [1.29, 1.82) is 0 Å². The first-order valence-electron chi connectivity index (χ1n) is 6.44. The molecule has 2 rings (SSSR count). The van der Waals surface area contributed by atoms with Crippen LogP contribution in [0.2, 0.25) is 0 Å². The zero-order chi connectivity index (χ0) is 15.4. The van der Waals surface area contributed by atoms with Gasteiger partial charge in [-0.25, -0.2) is 14.8 Å². The molecule has 0 saturated heterocycles. The predicted molar refractivity (Wildman–Crippen MR) is 84.1 cm³/mol. The van der Waals surface area contributed by atoms with E-state index in [9.17, 15) is 4.79 Å². The van der Waals surface area contributed by atoms with Gasteiger partial charge in [0, 0.05) is 25.1 Å². The SMILES string of the molecule is Cc1ccc(SCc2nc(C(=O)O)cc(N(C)C)n2)cc1. The van der Waals surface area contributed by atoms with Crippen LogP contribution in [0, 0.1) is 6.92 Å². The van der Waals surface area contributed by atoms with E-state index in [1.54, 1.807) is 16.7 Å². The maximum absolute atomic E-state index is 11.1. The minimum atomic E-state index is -1.04. The maximum atomic E-state index is 11.1. The lowest BCUT2D eigenvalue weighted by Crippen LogP contribution is -2.15. The Morgan fingerprint density at radius 2 is 1.90 bits per heavy atom. The molecule has 1 aromatic carbocycles. The first-order valence-corrected chi connectivity index (χ1v) is 7.42. The van der Waals surface area contributed by atoms with Crippen LogP contribution in [0.15, 0.2) is 35.2 Å². The first kappa shape index (κ1) is 15.3. The molecular formula is C15H17N3O2S. The standard InChI is InChI=1S/C15H17N3O2S/c1-10-4-6-11(7-5-10)21-9-13-16-12(15(19)20)8-14(17-13)18(2)3/h4-8H,9H2,1-3H3,(H,19,20). The molecule has 0 atom stereocenters. The highest BCUT2D eigenvalue weighted by atomic mass is 32.2. The molecule has 0 radical (unpaired) electrons. The molecule has 0 aliphatic rings. The number of thioether (sulfide) groups is 1. The molecule has 110 valence electrons. The molecule has 1 aromatic heterocycles. The van der Waals surface area contributed by atoms with Gasteiger partial charge in [0.15, 0.2) is 5.69 Å². The van der Waals surface area contributed by atoms with Gasteiger partial charge in [-0.1, -0.05) is 17.7 Å². The average molecular weight is 303 g/mol. The van der Waals surface area contributed by atoms with Crippen LogP contribution in [-0.4, -0.2) is 35.1 Å². The van der Waals surface area contributed by atoms with Crippen LogP contribution in [0.3, 0.4) is 0 Å². The minimum absolute atomic E-state index is 0.0215. The van der Waals surface area contributed by atoms with E-state index in [-0.39, 0.29) is 5.69 Å². The summed E-state index contributed by atoms with van der Waals surface area (Å²) >= 11 is 1.59. The summed E-state index contributed by atoms with van der Waals surface area (Å²) in [5.74, 6) is 0.610. The highest BCUT2D eigenvalue weighted by Gasteiger charge is 2.11. The van der Waals surface area contributed by atoms with Crippen molar-refractivity contribution in [3.05, 3.63) is 47.4 Å². The zero-order valence-electron chi connectivity index (χ0n) is 12.2. The van der Waals surface area contributed by atoms with E-state index >= 15 is 0 Å². The molecule has 0 fully saturated rings. The van der Waals surface area contributed by atoms with Crippen molar-refractivity contribution in [2.24, 2.45) is 0 Å². The summed E-state index contributed by atoms with van der Waals surface area (Å²) in [6, 6.07) is 9.63. The lowest BCUT2D eigenvalue weighted by molar-refractivity contribution is 0.0690. The largest absolute Gasteiger partial charge is 0.477 e. The number of anilines is 1. The van der Waals surface area contributed by atoms with Crippen LogP contribution in [0.25, 0.3) is 0 Å². The van der Waals surface area contributed by atoms with E-state index in [0.717, 1.165) is 4.90 Å². The number of carboxylic acid groups (broad SMARTS) is 1. The second-order valence-corrected chi connectivity index (χ2v) is 5.88. The molecule has 0 aliphatic carbocycles. The normalized spacial score (nSPS) is 10.4. The van der Waals surface area contributed by atoms with Gasteiger partial charge in [-0.05, 0) is 19.1 Å². The van der Waals surface area contributed by atoms with E-state index in [1.165, 1.54) is 11.6 Å². The number of carboxylic acids is 1. The number of nitrogens with zero attached hydrogens (tertiary/aromatic N) is 3. The molecule has 0 unspecified atom stereocenters. The van der Waals surface area contributed by atoms with Crippen LogP contribution in [0.1, 0.15) is 21.9 Å². The number of carbonyl (C=O) groups is 1. The Labute approximate surface area is 128 Å². The van der Waals surface area contributed by atoms with Crippen molar-refractivity contribution in [3.8, 4) is 0 Å². The molecule has 0 bridgehead atoms. The smallest absolute Gasteiger partial charge is 0.354 e. The number of benzene rings is 1. The van der Waals surface area contributed by atoms with Gasteiger partial charge in [-0.2, -0.15) is 0 Å². The maximum Gasteiger partial charge on any atom is 0.354 e. The second kappa shape index (κ2) is 6.58. The highest BCUT2D eigenvalue weighted by Crippen LogP contribution is 2.22. The summed E-state index contributed by atoms with van der Waals surface area (Å²) in [6.45, 7) is 2.04. The van der Waals surface area contributed by atoms with Gasteiger partial charge >= 0.3 is 5.97 Å². The van der Waals surface area contributed by atoms with Gasteiger partial charge in [0.1, 0.15) is 11.6 Å². The van der Waals surface area contributed by atoms with Crippen molar-refractivity contribution in [1.82, 2.24) is 9.97 Å². The van der Waals surface area contributed by atoms with E-state index in [1.807, 2.05) is 45.3 Å². The Hall–Kier alpha value is -2.08. The Kier molecular flexibility index (Phi) is 4.80. The molecule has 1 heterocycles. The third kappa shape index (κ3) is 4.19. The molecular weight excluding hydrogens is 286 g/mol. The Balaban J connectivity index is 2.18. The van der Waals surface area contributed by atoms with Crippen molar-refractivity contribution >= 4 is 23.5 Å². The van der Waals surface area contributed by atoms with Gasteiger partial charge in [-0.15, -0.1) is 11.8 Å². The molecule has 2 aromatic rings. The van der Waals surface area contributed by atoms with Crippen molar-refractivity contribution in [2.75, 3.05) is 19.0 Å². The monoisotopic (exact) mass is 303 g/mol. The van der Waals surface area contributed by atoms with Crippen LogP contribution in [-0.2, 0) is 5.75 Å². The van der Waals surface area contributed by atoms with Gasteiger partial charge in [0.25, 0.3) is 0 Å². The molecule has 0 spiro atoms. The fourth-order valence-electron chi connectivity index (χ4n) is 1.67. The van der Waals surface area contributed by atoms with E-state index in [2.05, 4.69) is 9.97 Å². The molecule has 0 amide bonds. The number of rotatable bonds is 5. The summed E-state index contributed by atoms with van der Waals surface area (Å²) in [7, 11) is 3.65. The molecule has 0 saturated carbocycles. The highest BCUT2D eigenvalue weighted by molar-refractivity contribution is 7.98. The summed E-state index contributed by atoms with van der Waals surface area (Å²) in [6.07, 6.45) is 0. The number of aromatic nitrogens is 2. The quantitative estimate of drug-likeness (QED) is 0.857. The Morgan fingerprint density at radius 1 is 1.24 bits per heavy atom. The van der Waals surface area contributed by atoms with Crippen LogP contribution < -0.4 is 4.90 Å².